The molecule has 0 radical (unpaired) electrons. The molecular weight excluding hydrogens is 396 g/mol. The van der Waals surface area contributed by atoms with Gasteiger partial charge in [-0.3, -0.25) is 14.4 Å². The summed E-state index contributed by atoms with van der Waals surface area (Å²) < 4.78 is 10.6. The topological polar surface area (TPSA) is 84.9 Å². The van der Waals surface area contributed by atoms with Crippen LogP contribution in [0.1, 0.15) is 44.6 Å². The quantitative estimate of drug-likeness (QED) is 0.711. The second-order valence-electron chi connectivity index (χ2n) is 7.76. The van der Waals surface area contributed by atoms with Crippen LogP contribution < -0.4 is 10.1 Å². The Balaban J connectivity index is 1.58. The van der Waals surface area contributed by atoms with Crippen LogP contribution in [-0.4, -0.2) is 48.5 Å². The van der Waals surface area contributed by atoms with Crippen molar-refractivity contribution in [1.82, 2.24) is 4.90 Å². The van der Waals surface area contributed by atoms with Gasteiger partial charge in [0.15, 0.2) is 6.10 Å². The second kappa shape index (κ2) is 9.03. The van der Waals surface area contributed by atoms with Gasteiger partial charge in [0.2, 0.25) is 5.91 Å². The van der Waals surface area contributed by atoms with Gasteiger partial charge < -0.3 is 19.7 Å². The lowest BCUT2D eigenvalue weighted by Gasteiger charge is -2.24. The summed E-state index contributed by atoms with van der Waals surface area (Å²) in [6.45, 7) is 3.70. The number of aryl methyl sites for hydroxylation is 1. The Hall–Kier alpha value is -2.28. The Bertz CT molecular complexity index is 807. The number of hydrogen-bond acceptors (Lipinski definition) is 5. The van der Waals surface area contributed by atoms with Crippen LogP contribution in [0.15, 0.2) is 12.1 Å². The number of nitrogens with zero attached hydrogens (tertiary/aromatic N) is 1. The SMILES string of the molecule is COc1cc(Cl)c(C)cc1NC(=O)[C@@H](C)OC(=O)[C@H]1CC(=O)N(C2CCCC2)C1. The first-order valence-electron chi connectivity index (χ1n) is 9.95. The summed E-state index contributed by atoms with van der Waals surface area (Å²) in [7, 11) is 1.48. The number of likely N-dealkylation sites (tertiary alicyclic amines) is 1. The highest BCUT2D eigenvalue weighted by atomic mass is 35.5. The van der Waals surface area contributed by atoms with Crippen molar-refractivity contribution in [1.29, 1.82) is 0 Å². The first-order chi connectivity index (χ1) is 13.8. The van der Waals surface area contributed by atoms with Gasteiger partial charge in [0.05, 0.1) is 18.7 Å². The monoisotopic (exact) mass is 422 g/mol. The zero-order valence-corrected chi connectivity index (χ0v) is 17.8. The third kappa shape index (κ3) is 4.83. The van der Waals surface area contributed by atoms with Crippen LogP contribution in [0.5, 0.6) is 5.75 Å². The van der Waals surface area contributed by atoms with Crippen molar-refractivity contribution in [3.63, 3.8) is 0 Å². The maximum absolute atomic E-state index is 12.5. The predicted molar refractivity (Wildman–Crippen MR) is 109 cm³/mol. The molecule has 1 aromatic carbocycles. The van der Waals surface area contributed by atoms with E-state index in [0.717, 1.165) is 31.2 Å². The molecule has 0 spiro atoms. The van der Waals surface area contributed by atoms with Crippen LogP contribution in [0, 0.1) is 12.8 Å². The van der Waals surface area contributed by atoms with Gasteiger partial charge in [0, 0.05) is 30.1 Å². The van der Waals surface area contributed by atoms with Crippen molar-refractivity contribution >= 4 is 35.1 Å². The standard InChI is InChI=1S/C21H27ClN2O5/c1-12-8-17(18(28-3)10-16(12)22)23-20(26)13(2)29-21(27)14-9-19(25)24(11-14)15-6-4-5-7-15/h8,10,13-15H,4-7,9,11H2,1-3H3,(H,23,26)/t13-,14+/m1/s1. The molecule has 0 bridgehead atoms. The molecular formula is C21H27ClN2O5. The van der Waals surface area contributed by atoms with E-state index in [2.05, 4.69) is 5.32 Å². The van der Waals surface area contributed by atoms with Crippen LogP contribution >= 0.6 is 11.6 Å². The zero-order valence-electron chi connectivity index (χ0n) is 17.0. The van der Waals surface area contributed by atoms with Crippen LogP contribution in [0.25, 0.3) is 0 Å². The fraction of sp³-hybridized carbons (Fsp3) is 0.571. The minimum Gasteiger partial charge on any atom is -0.495 e. The molecule has 2 atom stereocenters. The molecule has 1 heterocycles. The average Bonchev–Trinajstić information content (AvgIpc) is 3.33. The van der Waals surface area contributed by atoms with Crippen molar-refractivity contribution in [3.05, 3.63) is 22.7 Å². The van der Waals surface area contributed by atoms with Gasteiger partial charge in [-0.2, -0.15) is 0 Å². The number of carbonyl (C=O) groups excluding carboxylic acids is 3. The van der Waals surface area contributed by atoms with Crippen molar-refractivity contribution in [2.45, 2.75) is 58.1 Å². The fourth-order valence-electron chi connectivity index (χ4n) is 3.95. The van der Waals surface area contributed by atoms with E-state index in [-0.39, 0.29) is 18.4 Å². The average molecular weight is 423 g/mol. The summed E-state index contributed by atoms with van der Waals surface area (Å²) in [6, 6.07) is 3.55. The maximum atomic E-state index is 12.5. The molecule has 2 fully saturated rings. The van der Waals surface area contributed by atoms with Gasteiger partial charge in [-0.1, -0.05) is 24.4 Å². The number of halogens is 1. The number of rotatable bonds is 6. The first-order valence-corrected chi connectivity index (χ1v) is 10.3. The lowest BCUT2D eigenvalue weighted by molar-refractivity contribution is -0.157. The van der Waals surface area contributed by atoms with Gasteiger partial charge in [0.1, 0.15) is 5.75 Å². The highest BCUT2D eigenvalue weighted by Crippen LogP contribution is 2.32. The minimum absolute atomic E-state index is 0.00247. The van der Waals surface area contributed by atoms with Crippen LogP contribution in [0.2, 0.25) is 5.02 Å². The van der Waals surface area contributed by atoms with E-state index in [1.54, 1.807) is 12.1 Å². The van der Waals surface area contributed by atoms with E-state index < -0.39 is 23.9 Å². The van der Waals surface area contributed by atoms with Gasteiger partial charge in [-0.15, -0.1) is 0 Å². The van der Waals surface area contributed by atoms with Gasteiger partial charge in [-0.25, -0.2) is 0 Å². The smallest absolute Gasteiger partial charge is 0.312 e. The van der Waals surface area contributed by atoms with Gasteiger partial charge in [-0.05, 0) is 38.3 Å². The number of amides is 2. The molecule has 1 saturated heterocycles. The fourth-order valence-corrected chi connectivity index (χ4v) is 4.10. The number of benzene rings is 1. The molecule has 8 heteroatoms. The summed E-state index contributed by atoms with van der Waals surface area (Å²) in [4.78, 5) is 39.1. The Labute approximate surface area is 175 Å². The van der Waals surface area contributed by atoms with E-state index in [4.69, 9.17) is 21.1 Å². The largest absolute Gasteiger partial charge is 0.495 e. The molecule has 7 nitrogen and oxygen atoms in total. The Morgan fingerprint density at radius 3 is 2.62 bits per heavy atom. The summed E-state index contributed by atoms with van der Waals surface area (Å²) in [6.07, 6.45) is 3.37. The lowest BCUT2D eigenvalue weighted by Crippen LogP contribution is -2.36. The summed E-state index contributed by atoms with van der Waals surface area (Å²) in [5.74, 6) is -1.10. The number of methoxy groups -OCH3 is 1. The van der Waals surface area contributed by atoms with Crippen molar-refractivity contribution in [2.75, 3.05) is 19.0 Å². The molecule has 2 aliphatic rings. The Kier molecular flexibility index (Phi) is 6.67. The second-order valence-corrected chi connectivity index (χ2v) is 8.16. The Morgan fingerprint density at radius 1 is 1.28 bits per heavy atom. The van der Waals surface area contributed by atoms with E-state index in [1.165, 1.54) is 14.0 Å². The van der Waals surface area contributed by atoms with E-state index in [1.807, 2.05) is 11.8 Å². The summed E-state index contributed by atoms with van der Waals surface area (Å²) in [5.41, 5.74) is 1.23. The molecule has 0 aromatic heterocycles. The molecule has 1 aliphatic carbocycles. The predicted octanol–water partition coefficient (Wildman–Crippen LogP) is 3.32. The number of nitrogens with one attached hydrogen (secondary N) is 1. The Morgan fingerprint density at radius 2 is 1.97 bits per heavy atom. The normalized spacial score (nSPS) is 20.6. The maximum Gasteiger partial charge on any atom is 0.312 e. The molecule has 2 amide bonds. The van der Waals surface area contributed by atoms with Crippen LogP contribution in [-0.2, 0) is 19.1 Å². The molecule has 1 N–H and O–H groups in total. The van der Waals surface area contributed by atoms with E-state index in [0.29, 0.717) is 23.0 Å². The molecule has 158 valence electrons. The van der Waals surface area contributed by atoms with Crippen molar-refractivity contribution < 1.29 is 23.9 Å². The third-order valence-electron chi connectivity index (χ3n) is 5.66. The van der Waals surface area contributed by atoms with Crippen LogP contribution in [0.4, 0.5) is 5.69 Å². The van der Waals surface area contributed by atoms with Crippen molar-refractivity contribution in [3.8, 4) is 5.75 Å². The molecule has 1 aliphatic heterocycles. The minimum atomic E-state index is -1.00. The zero-order chi connectivity index (χ0) is 21.1. The highest BCUT2D eigenvalue weighted by molar-refractivity contribution is 6.31. The highest BCUT2D eigenvalue weighted by Gasteiger charge is 2.40. The van der Waals surface area contributed by atoms with E-state index >= 15 is 0 Å². The van der Waals surface area contributed by atoms with Crippen molar-refractivity contribution in [2.24, 2.45) is 5.92 Å². The number of esters is 1. The van der Waals surface area contributed by atoms with Gasteiger partial charge >= 0.3 is 5.97 Å². The van der Waals surface area contributed by atoms with E-state index in [9.17, 15) is 14.4 Å². The number of anilines is 1. The lowest BCUT2D eigenvalue weighted by atomic mass is 10.1. The molecule has 3 rings (SSSR count). The summed E-state index contributed by atoms with van der Waals surface area (Å²) in [5, 5.41) is 3.24. The first kappa shape index (κ1) is 21.4. The number of ether oxygens (including phenoxy) is 2. The molecule has 1 aromatic rings. The van der Waals surface area contributed by atoms with Gasteiger partial charge in [0.25, 0.3) is 5.91 Å². The number of carbonyl (C=O) groups is 3. The molecule has 0 unspecified atom stereocenters. The molecule has 29 heavy (non-hydrogen) atoms. The summed E-state index contributed by atoms with van der Waals surface area (Å²) >= 11 is 6.08. The number of hydrogen-bond donors (Lipinski definition) is 1. The third-order valence-corrected chi connectivity index (χ3v) is 6.07. The van der Waals surface area contributed by atoms with Crippen LogP contribution in [0.3, 0.4) is 0 Å². The molecule has 1 saturated carbocycles.